The van der Waals surface area contributed by atoms with E-state index >= 15 is 0 Å². The maximum absolute atomic E-state index is 11.2. The molecule has 0 radical (unpaired) electrons. The summed E-state index contributed by atoms with van der Waals surface area (Å²) in [6, 6.07) is 5.45. The van der Waals surface area contributed by atoms with Crippen LogP contribution in [0.1, 0.15) is 12.0 Å². The Morgan fingerprint density at radius 3 is 2.78 bits per heavy atom. The van der Waals surface area contributed by atoms with Crippen LogP contribution < -0.4 is 16.0 Å². The van der Waals surface area contributed by atoms with Crippen LogP contribution in [0.4, 0.5) is 5.69 Å². The minimum atomic E-state index is -0.0132. The van der Waals surface area contributed by atoms with E-state index in [1.165, 1.54) is 0 Å². The van der Waals surface area contributed by atoms with Crippen LogP contribution in [0.2, 0.25) is 5.02 Å². The van der Waals surface area contributed by atoms with Gasteiger partial charge in [0.15, 0.2) is 0 Å². The molecule has 0 saturated carbocycles. The molecular formula is C12H16ClN3OS. The summed E-state index contributed by atoms with van der Waals surface area (Å²) in [6.07, 6.45) is 0.399. The number of halogens is 1. The molecule has 0 bridgehead atoms. The van der Waals surface area contributed by atoms with Gasteiger partial charge in [-0.05, 0) is 12.1 Å². The van der Waals surface area contributed by atoms with Crippen molar-refractivity contribution < 1.29 is 4.79 Å². The van der Waals surface area contributed by atoms with Crippen LogP contribution >= 0.6 is 23.8 Å². The quantitative estimate of drug-likeness (QED) is 0.806. The van der Waals surface area contributed by atoms with E-state index in [9.17, 15) is 4.79 Å². The lowest BCUT2D eigenvalue weighted by atomic mass is 10.1. The maximum atomic E-state index is 11.2. The van der Waals surface area contributed by atoms with E-state index in [0.29, 0.717) is 23.6 Å². The summed E-state index contributed by atoms with van der Waals surface area (Å²) in [4.78, 5) is 13.4. The summed E-state index contributed by atoms with van der Waals surface area (Å²) in [6.45, 7) is 0.565. The van der Waals surface area contributed by atoms with E-state index in [0.717, 1.165) is 5.69 Å². The first-order chi connectivity index (χ1) is 8.47. The summed E-state index contributed by atoms with van der Waals surface area (Å²) < 4.78 is 0. The number of benzene rings is 1. The number of carbonyl (C=O) groups excluding carboxylic acids is 1. The number of hydrogen-bond acceptors (Lipinski definition) is 3. The van der Waals surface area contributed by atoms with Gasteiger partial charge in [0, 0.05) is 32.7 Å². The highest BCUT2D eigenvalue weighted by molar-refractivity contribution is 7.80. The molecule has 1 aromatic carbocycles. The first kappa shape index (κ1) is 14.7. The van der Waals surface area contributed by atoms with Crippen LogP contribution in [0.15, 0.2) is 18.2 Å². The largest absolute Gasteiger partial charge is 0.389 e. The SMILES string of the molecule is CNC(=O)CCN(C)c1cccc(Cl)c1C(N)=S. The van der Waals surface area contributed by atoms with Crippen LogP contribution in [0.3, 0.4) is 0 Å². The normalized spacial score (nSPS) is 9.94. The van der Waals surface area contributed by atoms with Gasteiger partial charge in [0.05, 0.1) is 10.6 Å². The predicted octanol–water partition coefficient (Wildman–Crippen LogP) is 1.55. The van der Waals surface area contributed by atoms with Gasteiger partial charge in [0.2, 0.25) is 5.91 Å². The summed E-state index contributed by atoms with van der Waals surface area (Å²) >= 11 is 11.1. The molecule has 18 heavy (non-hydrogen) atoms. The third-order valence-electron chi connectivity index (χ3n) is 2.60. The Balaban J connectivity index is 2.92. The zero-order valence-electron chi connectivity index (χ0n) is 10.4. The van der Waals surface area contributed by atoms with E-state index in [1.54, 1.807) is 13.1 Å². The van der Waals surface area contributed by atoms with Crippen molar-refractivity contribution in [2.24, 2.45) is 5.73 Å². The van der Waals surface area contributed by atoms with Crippen molar-refractivity contribution in [2.75, 3.05) is 25.5 Å². The number of carbonyl (C=O) groups is 1. The van der Waals surface area contributed by atoms with Crippen molar-refractivity contribution in [1.29, 1.82) is 0 Å². The highest BCUT2D eigenvalue weighted by atomic mass is 35.5. The van der Waals surface area contributed by atoms with E-state index in [1.807, 2.05) is 24.1 Å². The van der Waals surface area contributed by atoms with Crippen molar-refractivity contribution >= 4 is 40.4 Å². The summed E-state index contributed by atoms with van der Waals surface area (Å²) in [5.41, 5.74) is 7.16. The van der Waals surface area contributed by atoms with Gasteiger partial charge in [0.25, 0.3) is 0 Å². The van der Waals surface area contributed by atoms with E-state index in [2.05, 4.69) is 5.32 Å². The average molecular weight is 286 g/mol. The van der Waals surface area contributed by atoms with Gasteiger partial charge in [-0.1, -0.05) is 29.9 Å². The fourth-order valence-electron chi connectivity index (χ4n) is 1.59. The molecule has 1 amide bonds. The molecule has 4 nitrogen and oxygen atoms in total. The number of rotatable bonds is 5. The van der Waals surface area contributed by atoms with Gasteiger partial charge in [-0.2, -0.15) is 0 Å². The molecule has 6 heteroatoms. The third kappa shape index (κ3) is 3.58. The van der Waals surface area contributed by atoms with Gasteiger partial charge in [0.1, 0.15) is 4.99 Å². The van der Waals surface area contributed by atoms with Crippen LogP contribution in [-0.4, -0.2) is 31.5 Å². The number of amides is 1. The molecule has 1 aromatic rings. The standard InChI is InChI=1S/C12H16ClN3OS/c1-15-10(17)6-7-16(2)9-5-3-4-8(13)11(9)12(14)18/h3-5H,6-7H2,1-2H3,(H2,14,18)(H,15,17). The molecule has 0 spiro atoms. The Morgan fingerprint density at radius 2 is 2.22 bits per heavy atom. The first-order valence-electron chi connectivity index (χ1n) is 5.47. The van der Waals surface area contributed by atoms with Crippen LogP contribution in [0.25, 0.3) is 0 Å². The highest BCUT2D eigenvalue weighted by Gasteiger charge is 2.13. The zero-order valence-corrected chi connectivity index (χ0v) is 11.9. The minimum absolute atomic E-state index is 0.0132. The van der Waals surface area contributed by atoms with Crippen molar-refractivity contribution in [3.05, 3.63) is 28.8 Å². The van der Waals surface area contributed by atoms with Crippen molar-refractivity contribution in [3.63, 3.8) is 0 Å². The molecule has 98 valence electrons. The fraction of sp³-hybridized carbons (Fsp3) is 0.333. The second-order valence-electron chi connectivity index (χ2n) is 3.84. The molecule has 0 unspecified atom stereocenters. The molecule has 1 rings (SSSR count). The molecule has 0 aliphatic heterocycles. The van der Waals surface area contributed by atoms with Crippen molar-refractivity contribution in [2.45, 2.75) is 6.42 Å². The number of thiocarbonyl (C=S) groups is 1. The lowest BCUT2D eigenvalue weighted by Gasteiger charge is -2.22. The Kier molecular flexibility index (Phi) is 5.37. The van der Waals surface area contributed by atoms with E-state index in [4.69, 9.17) is 29.6 Å². The number of nitrogens with one attached hydrogen (secondary N) is 1. The van der Waals surface area contributed by atoms with E-state index in [-0.39, 0.29) is 10.9 Å². The lowest BCUT2D eigenvalue weighted by Crippen LogP contribution is -2.28. The monoisotopic (exact) mass is 285 g/mol. The van der Waals surface area contributed by atoms with Crippen LogP contribution in [-0.2, 0) is 4.79 Å². The average Bonchev–Trinajstić information content (AvgIpc) is 2.34. The van der Waals surface area contributed by atoms with Crippen LogP contribution in [0, 0.1) is 0 Å². The predicted molar refractivity (Wildman–Crippen MR) is 79.3 cm³/mol. The van der Waals surface area contributed by atoms with Crippen molar-refractivity contribution in [1.82, 2.24) is 5.32 Å². The fourth-order valence-corrected chi connectivity index (χ4v) is 2.13. The van der Waals surface area contributed by atoms with Crippen molar-refractivity contribution in [3.8, 4) is 0 Å². The Hall–Kier alpha value is -1.33. The highest BCUT2D eigenvalue weighted by Crippen LogP contribution is 2.26. The van der Waals surface area contributed by atoms with Gasteiger partial charge in [-0.3, -0.25) is 4.79 Å². The molecule has 0 aromatic heterocycles. The number of hydrogen-bond donors (Lipinski definition) is 2. The number of nitrogens with zero attached hydrogens (tertiary/aromatic N) is 1. The topological polar surface area (TPSA) is 58.4 Å². The number of anilines is 1. The second kappa shape index (κ2) is 6.56. The van der Waals surface area contributed by atoms with Gasteiger partial charge < -0.3 is 16.0 Å². The Morgan fingerprint density at radius 1 is 1.56 bits per heavy atom. The van der Waals surface area contributed by atoms with Gasteiger partial charge >= 0.3 is 0 Å². The molecule has 0 aliphatic rings. The minimum Gasteiger partial charge on any atom is -0.389 e. The molecular weight excluding hydrogens is 270 g/mol. The maximum Gasteiger partial charge on any atom is 0.221 e. The second-order valence-corrected chi connectivity index (χ2v) is 4.69. The molecule has 3 N–H and O–H groups in total. The summed E-state index contributed by atoms with van der Waals surface area (Å²) in [5.74, 6) is -0.0132. The zero-order chi connectivity index (χ0) is 13.7. The number of nitrogens with two attached hydrogens (primary N) is 1. The summed E-state index contributed by atoms with van der Waals surface area (Å²) in [7, 11) is 3.48. The lowest BCUT2D eigenvalue weighted by molar-refractivity contribution is -0.120. The molecule has 0 atom stereocenters. The van der Waals surface area contributed by atoms with Gasteiger partial charge in [-0.15, -0.1) is 0 Å². The summed E-state index contributed by atoms with van der Waals surface area (Å²) in [5, 5.41) is 3.10. The van der Waals surface area contributed by atoms with E-state index < -0.39 is 0 Å². The molecule has 0 aliphatic carbocycles. The Labute approximate surface area is 117 Å². The molecule has 0 heterocycles. The van der Waals surface area contributed by atoms with Gasteiger partial charge in [-0.25, -0.2) is 0 Å². The smallest absolute Gasteiger partial charge is 0.221 e. The molecule has 0 saturated heterocycles. The molecule has 0 fully saturated rings. The van der Waals surface area contributed by atoms with Crippen LogP contribution in [0.5, 0.6) is 0 Å². The third-order valence-corrected chi connectivity index (χ3v) is 3.12. The Bertz CT molecular complexity index is 465. The first-order valence-corrected chi connectivity index (χ1v) is 6.26.